The highest BCUT2D eigenvalue weighted by Gasteiger charge is 2.41. The number of benzene rings is 5. The van der Waals surface area contributed by atoms with Gasteiger partial charge in [-0.25, -0.2) is 4.79 Å². The van der Waals surface area contributed by atoms with E-state index in [0.717, 1.165) is 44.6 Å². The highest BCUT2D eigenvalue weighted by atomic mass is 16.5. The fraction of sp³-hybridized carbons (Fsp3) is 0.140. The van der Waals surface area contributed by atoms with Crippen molar-refractivity contribution in [2.75, 3.05) is 7.11 Å². The number of carbonyl (C=O) groups excluding carboxylic acids is 1. The molecule has 0 spiro atoms. The average molecular weight is 672 g/mol. The fourth-order valence-electron chi connectivity index (χ4n) is 6.60. The maximum atomic E-state index is 12.7. The predicted molar refractivity (Wildman–Crippen MR) is 197 cm³/mol. The van der Waals surface area contributed by atoms with Gasteiger partial charge in [0.05, 0.1) is 12.8 Å². The summed E-state index contributed by atoms with van der Waals surface area (Å²) < 4.78 is 11.4. The third-order valence-corrected chi connectivity index (χ3v) is 9.06. The summed E-state index contributed by atoms with van der Waals surface area (Å²) in [6, 6.07) is 48.9. The van der Waals surface area contributed by atoms with Gasteiger partial charge in [0.25, 0.3) is 0 Å². The van der Waals surface area contributed by atoms with Gasteiger partial charge in [-0.15, -0.1) is 15.0 Å². The Morgan fingerprint density at radius 2 is 1.29 bits per heavy atom. The molecule has 0 atom stereocenters. The molecule has 8 nitrogen and oxygen atoms in total. The first kappa shape index (κ1) is 33.1. The first-order valence-electron chi connectivity index (χ1n) is 16.9. The van der Waals surface area contributed by atoms with E-state index in [1.165, 1.54) is 7.11 Å². The lowest BCUT2D eigenvalue weighted by atomic mass is 9.77. The van der Waals surface area contributed by atoms with Crippen LogP contribution in [0.3, 0.4) is 0 Å². The second-order valence-electron chi connectivity index (χ2n) is 12.2. The first-order chi connectivity index (χ1) is 25.0. The molecule has 0 aliphatic rings. The van der Waals surface area contributed by atoms with Crippen LogP contribution in [0.2, 0.25) is 0 Å². The van der Waals surface area contributed by atoms with E-state index in [0.29, 0.717) is 29.3 Å². The van der Waals surface area contributed by atoms with Gasteiger partial charge in [0.2, 0.25) is 5.82 Å². The molecule has 0 N–H and O–H groups in total. The maximum absolute atomic E-state index is 12.7. The zero-order valence-corrected chi connectivity index (χ0v) is 28.7. The lowest BCUT2D eigenvalue weighted by Crippen LogP contribution is -2.39. The van der Waals surface area contributed by atoms with Crippen LogP contribution in [0.25, 0.3) is 22.5 Å². The molecule has 0 bridgehead atoms. The quantitative estimate of drug-likeness (QED) is 0.101. The standard InChI is InChI=1S/C43H37N5O3/c1-4-36-28-39(40(30(2)44-36)42(49)50-3)51-29-31-25-26-37(32-17-9-5-10-18-32)38(27-31)41-45-47-48(46-41)43(33-19-11-6-12-20-33,34-21-13-7-14-22-34)35-23-15-8-16-24-35/h5-28H,4,29H2,1-3H3. The van der Waals surface area contributed by atoms with Crippen LogP contribution in [0.4, 0.5) is 0 Å². The average Bonchev–Trinajstić information content (AvgIpc) is 3.69. The fourth-order valence-corrected chi connectivity index (χ4v) is 6.60. The number of pyridine rings is 1. The molecule has 0 amide bonds. The molecule has 5 aromatic carbocycles. The Labute approximate surface area is 297 Å². The number of rotatable bonds is 11. The van der Waals surface area contributed by atoms with Crippen LogP contribution in [0.15, 0.2) is 146 Å². The van der Waals surface area contributed by atoms with Crippen LogP contribution < -0.4 is 4.74 Å². The number of carbonyl (C=O) groups is 1. The van der Waals surface area contributed by atoms with Gasteiger partial charge >= 0.3 is 5.97 Å². The molecule has 8 heteroatoms. The van der Waals surface area contributed by atoms with Crippen LogP contribution in [0, 0.1) is 6.92 Å². The molecule has 0 saturated carbocycles. The largest absolute Gasteiger partial charge is 0.488 e. The van der Waals surface area contributed by atoms with Crippen LogP contribution in [-0.2, 0) is 23.3 Å². The van der Waals surface area contributed by atoms with E-state index >= 15 is 0 Å². The van der Waals surface area contributed by atoms with Crippen LogP contribution in [0.5, 0.6) is 5.75 Å². The smallest absolute Gasteiger partial charge is 0.343 e. The molecule has 2 aromatic heterocycles. The Hall–Kier alpha value is -6.41. The predicted octanol–water partition coefficient (Wildman–Crippen LogP) is 8.48. The number of tetrazole rings is 1. The highest BCUT2D eigenvalue weighted by Crippen LogP contribution is 2.40. The minimum absolute atomic E-state index is 0.189. The molecule has 0 aliphatic heterocycles. The summed E-state index contributed by atoms with van der Waals surface area (Å²) in [5, 5.41) is 14.7. The molecule has 0 radical (unpaired) electrons. The van der Waals surface area contributed by atoms with Gasteiger partial charge in [-0.3, -0.25) is 4.98 Å². The van der Waals surface area contributed by atoms with E-state index in [1.54, 1.807) is 11.7 Å². The van der Waals surface area contributed by atoms with E-state index in [-0.39, 0.29) is 6.61 Å². The van der Waals surface area contributed by atoms with Crippen molar-refractivity contribution in [1.82, 2.24) is 25.2 Å². The van der Waals surface area contributed by atoms with Crippen LogP contribution >= 0.6 is 0 Å². The lowest BCUT2D eigenvalue weighted by molar-refractivity contribution is 0.0594. The van der Waals surface area contributed by atoms with Gasteiger partial charge in [0.15, 0.2) is 5.54 Å². The van der Waals surface area contributed by atoms with Crippen molar-refractivity contribution in [3.8, 4) is 28.3 Å². The molecule has 0 fully saturated rings. The molecule has 51 heavy (non-hydrogen) atoms. The highest BCUT2D eigenvalue weighted by molar-refractivity contribution is 5.93. The number of hydrogen-bond donors (Lipinski definition) is 0. The van der Waals surface area contributed by atoms with Gasteiger partial charge in [0, 0.05) is 17.3 Å². The van der Waals surface area contributed by atoms with Gasteiger partial charge in [-0.1, -0.05) is 140 Å². The lowest BCUT2D eigenvalue weighted by Gasteiger charge is -2.34. The second-order valence-corrected chi connectivity index (χ2v) is 12.2. The molecule has 252 valence electrons. The minimum atomic E-state index is -0.914. The maximum Gasteiger partial charge on any atom is 0.343 e. The van der Waals surface area contributed by atoms with Crippen molar-refractivity contribution < 1.29 is 14.3 Å². The first-order valence-corrected chi connectivity index (χ1v) is 16.9. The zero-order chi connectivity index (χ0) is 35.2. The summed E-state index contributed by atoms with van der Waals surface area (Å²) in [4.78, 5) is 19.0. The Bertz CT molecular complexity index is 2160. The molecular weight excluding hydrogens is 635 g/mol. The Morgan fingerprint density at radius 3 is 1.84 bits per heavy atom. The van der Waals surface area contributed by atoms with Crippen molar-refractivity contribution in [2.24, 2.45) is 0 Å². The topological polar surface area (TPSA) is 92.0 Å². The van der Waals surface area contributed by atoms with Gasteiger partial charge in [-0.2, -0.15) is 0 Å². The van der Waals surface area contributed by atoms with Crippen molar-refractivity contribution in [3.05, 3.63) is 185 Å². The number of aryl methyl sites for hydroxylation is 2. The summed E-state index contributed by atoms with van der Waals surface area (Å²) in [7, 11) is 1.36. The molecule has 0 unspecified atom stereocenters. The number of hydrogen-bond acceptors (Lipinski definition) is 7. The number of aromatic nitrogens is 5. The van der Waals surface area contributed by atoms with Crippen LogP contribution in [-0.4, -0.2) is 38.3 Å². The summed E-state index contributed by atoms with van der Waals surface area (Å²) in [5.74, 6) is 0.408. The van der Waals surface area contributed by atoms with Gasteiger partial charge < -0.3 is 9.47 Å². The van der Waals surface area contributed by atoms with E-state index in [9.17, 15) is 4.79 Å². The van der Waals surface area contributed by atoms with Crippen molar-refractivity contribution in [3.63, 3.8) is 0 Å². The van der Waals surface area contributed by atoms with Gasteiger partial charge in [-0.05, 0) is 58.0 Å². The number of ether oxygens (including phenoxy) is 2. The van der Waals surface area contributed by atoms with E-state index in [1.807, 2.05) is 97.9 Å². The second kappa shape index (κ2) is 14.6. The number of methoxy groups -OCH3 is 1. The summed E-state index contributed by atoms with van der Waals surface area (Å²) in [5.41, 5.74) is 7.42. The SMILES string of the molecule is CCc1cc(OCc2ccc(-c3ccccc3)c(-c3nnn(C(c4ccccc4)(c4ccccc4)c4ccccc4)n3)c2)c(C(=O)OC)c(C)n1. The van der Waals surface area contributed by atoms with Gasteiger partial charge in [0.1, 0.15) is 17.9 Å². The van der Waals surface area contributed by atoms with E-state index in [2.05, 4.69) is 59.6 Å². The number of esters is 1. The third-order valence-electron chi connectivity index (χ3n) is 9.06. The van der Waals surface area contributed by atoms with Crippen LogP contribution in [0.1, 0.15) is 50.9 Å². The molecule has 0 saturated heterocycles. The Morgan fingerprint density at radius 1 is 0.725 bits per heavy atom. The van der Waals surface area contributed by atoms with E-state index in [4.69, 9.17) is 24.9 Å². The molecule has 7 rings (SSSR count). The summed E-state index contributed by atoms with van der Waals surface area (Å²) >= 11 is 0. The van der Waals surface area contributed by atoms with Crippen molar-refractivity contribution >= 4 is 5.97 Å². The summed E-state index contributed by atoms with van der Waals surface area (Å²) in [6.07, 6.45) is 0.701. The molecular formula is C43H37N5O3. The Kier molecular flexibility index (Phi) is 9.48. The zero-order valence-electron chi connectivity index (χ0n) is 28.7. The number of nitrogens with zero attached hydrogens (tertiary/aromatic N) is 5. The van der Waals surface area contributed by atoms with Crippen molar-refractivity contribution in [2.45, 2.75) is 32.4 Å². The monoisotopic (exact) mass is 671 g/mol. The normalized spacial score (nSPS) is 11.3. The Balaban J connectivity index is 1.37. The third kappa shape index (κ3) is 6.39. The summed E-state index contributed by atoms with van der Waals surface area (Å²) in [6.45, 7) is 4.00. The molecule has 7 aromatic rings. The van der Waals surface area contributed by atoms with Crippen molar-refractivity contribution in [1.29, 1.82) is 0 Å². The minimum Gasteiger partial charge on any atom is -0.488 e. The molecule has 0 aliphatic carbocycles. The van der Waals surface area contributed by atoms with E-state index < -0.39 is 11.5 Å². The molecule has 2 heterocycles.